The number of hydrazine groups is 1. The average molecular weight is 269 g/mol. The van der Waals surface area contributed by atoms with Crippen molar-refractivity contribution in [1.29, 1.82) is 0 Å². The number of halogens is 3. The maximum Gasteiger partial charge on any atom is 0.196 e. The lowest BCUT2D eigenvalue weighted by atomic mass is 10.2. The van der Waals surface area contributed by atoms with Gasteiger partial charge < -0.3 is 10.7 Å². The number of hydrogen-bond donors (Lipinski definition) is 3. The fraction of sp³-hybridized carbons (Fsp3) is 0.0909. The molecule has 0 saturated heterocycles. The van der Waals surface area contributed by atoms with Gasteiger partial charge in [0.05, 0.1) is 5.69 Å². The van der Waals surface area contributed by atoms with E-state index in [4.69, 9.17) is 5.84 Å². The minimum atomic E-state index is -1.55. The molecule has 0 radical (unpaired) electrons. The summed E-state index contributed by atoms with van der Waals surface area (Å²) in [5.41, 5.74) is 2.61. The zero-order valence-corrected chi connectivity index (χ0v) is 9.84. The number of aromatic nitrogens is 2. The summed E-state index contributed by atoms with van der Waals surface area (Å²) in [6.45, 7) is 1.63. The van der Waals surface area contributed by atoms with Crippen molar-refractivity contribution in [3.05, 3.63) is 41.5 Å². The highest BCUT2D eigenvalue weighted by Crippen LogP contribution is 2.25. The van der Waals surface area contributed by atoms with Crippen LogP contribution in [0.15, 0.2) is 18.5 Å². The van der Waals surface area contributed by atoms with Crippen molar-refractivity contribution >= 4 is 17.3 Å². The van der Waals surface area contributed by atoms with Crippen molar-refractivity contribution < 1.29 is 13.2 Å². The van der Waals surface area contributed by atoms with E-state index in [2.05, 4.69) is 20.7 Å². The second-order valence-electron chi connectivity index (χ2n) is 3.69. The molecule has 2 rings (SSSR count). The van der Waals surface area contributed by atoms with Crippen molar-refractivity contribution in [1.82, 2.24) is 9.97 Å². The standard InChI is InChI=1S/C11H10F3N5/c1-5-10(16-4-17-11(5)19-15)18-7-3-2-6(12)8(13)9(7)14/h2-4H,15H2,1H3,(H2,16,17,18,19). The third kappa shape index (κ3) is 2.43. The minimum absolute atomic E-state index is 0.229. The van der Waals surface area contributed by atoms with Gasteiger partial charge in [0.2, 0.25) is 0 Å². The number of rotatable bonds is 3. The predicted octanol–water partition coefficient (Wildman–Crippen LogP) is 2.23. The first-order valence-electron chi connectivity index (χ1n) is 5.23. The Hall–Kier alpha value is -2.35. The molecule has 1 aromatic heterocycles. The first-order chi connectivity index (χ1) is 9.04. The summed E-state index contributed by atoms with van der Waals surface area (Å²) in [5, 5.41) is 2.55. The molecule has 8 heteroatoms. The van der Waals surface area contributed by atoms with E-state index in [0.717, 1.165) is 12.1 Å². The molecule has 1 heterocycles. The molecule has 1 aromatic carbocycles. The van der Waals surface area contributed by atoms with Crippen LogP contribution in [0.1, 0.15) is 5.56 Å². The van der Waals surface area contributed by atoms with E-state index in [1.807, 2.05) is 0 Å². The molecule has 100 valence electrons. The van der Waals surface area contributed by atoms with Crippen LogP contribution in [0.5, 0.6) is 0 Å². The normalized spacial score (nSPS) is 10.4. The van der Waals surface area contributed by atoms with Crippen LogP contribution in [-0.4, -0.2) is 9.97 Å². The number of benzene rings is 1. The molecule has 0 spiro atoms. The highest BCUT2D eigenvalue weighted by Gasteiger charge is 2.15. The van der Waals surface area contributed by atoms with Crippen LogP contribution in [0.2, 0.25) is 0 Å². The van der Waals surface area contributed by atoms with Gasteiger partial charge in [-0.05, 0) is 19.1 Å². The maximum absolute atomic E-state index is 13.5. The van der Waals surface area contributed by atoms with Crippen LogP contribution in [0.4, 0.5) is 30.5 Å². The second-order valence-corrected chi connectivity index (χ2v) is 3.69. The average Bonchev–Trinajstić information content (AvgIpc) is 2.41. The van der Waals surface area contributed by atoms with Gasteiger partial charge in [0.1, 0.15) is 18.0 Å². The monoisotopic (exact) mass is 269 g/mol. The topological polar surface area (TPSA) is 75.9 Å². The number of nitrogens with zero attached hydrogens (tertiary/aromatic N) is 2. The van der Waals surface area contributed by atoms with Gasteiger partial charge in [-0.15, -0.1) is 0 Å². The summed E-state index contributed by atoms with van der Waals surface area (Å²) in [5.74, 6) is 1.67. The Kier molecular flexibility index (Phi) is 3.52. The SMILES string of the molecule is Cc1c(NN)ncnc1Nc1ccc(F)c(F)c1F. The molecular formula is C11H10F3N5. The Morgan fingerprint density at radius 1 is 1.05 bits per heavy atom. The lowest BCUT2D eigenvalue weighted by Crippen LogP contribution is -2.12. The number of hydrogen-bond acceptors (Lipinski definition) is 5. The summed E-state index contributed by atoms with van der Waals surface area (Å²) in [7, 11) is 0. The molecule has 5 nitrogen and oxygen atoms in total. The molecule has 0 bridgehead atoms. The van der Waals surface area contributed by atoms with Crippen LogP contribution in [0, 0.1) is 24.4 Å². The second kappa shape index (κ2) is 5.11. The largest absolute Gasteiger partial charge is 0.337 e. The van der Waals surface area contributed by atoms with Gasteiger partial charge in [-0.1, -0.05) is 0 Å². The van der Waals surface area contributed by atoms with Gasteiger partial charge >= 0.3 is 0 Å². The summed E-state index contributed by atoms with van der Waals surface area (Å²) < 4.78 is 39.4. The molecular weight excluding hydrogens is 259 g/mol. The number of anilines is 3. The summed E-state index contributed by atoms with van der Waals surface area (Å²) in [4.78, 5) is 7.71. The van der Waals surface area contributed by atoms with E-state index >= 15 is 0 Å². The van der Waals surface area contributed by atoms with Gasteiger partial charge in [0, 0.05) is 5.56 Å². The Labute approximate surface area is 106 Å². The predicted molar refractivity (Wildman–Crippen MR) is 64.2 cm³/mol. The third-order valence-corrected chi connectivity index (χ3v) is 2.51. The van der Waals surface area contributed by atoms with Gasteiger partial charge in [0.25, 0.3) is 0 Å². The summed E-state index contributed by atoms with van der Waals surface area (Å²) in [6.07, 6.45) is 1.20. The Bertz CT molecular complexity index is 618. The lowest BCUT2D eigenvalue weighted by Gasteiger charge is -2.11. The van der Waals surface area contributed by atoms with Crippen LogP contribution in [-0.2, 0) is 0 Å². The van der Waals surface area contributed by atoms with Crippen molar-refractivity contribution in [3.8, 4) is 0 Å². The molecule has 0 atom stereocenters. The highest BCUT2D eigenvalue weighted by molar-refractivity contribution is 5.64. The summed E-state index contributed by atoms with van der Waals surface area (Å²) in [6, 6.07) is 1.89. The first-order valence-corrected chi connectivity index (χ1v) is 5.23. The van der Waals surface area contributed by atoms with Gasteiger partial charge in [-0.2, -0.15) is 0 Å². The van der Waals surface area contributed by atoms with Gasteiger partial charge in [-0.25, -0.2) is 29.0 Å². The molecule has 19 heavy (non-hydrogen) atoms. The van der Waals surface area contributed by atoms with E-state index < -0.39 is 17.5 Å². The van der Waals surface area contributed by atoms with Crippen LogP contribution in [0.3, 0.4) is 0 Å². The fourth-order valence-corrected chi connectivity index (χ4v) is 1.47. The maximum atomic E-state index is 13.5. The van der Waals surface area contributed by atoms with E-state index in [9.17, 15) is 13.2 Å². The molecule has 2 aromatic rings. The molecule has 0 saturated carbocycles. The Morgan fingerprint density at radius 2 is 1.74 bits per heavy atom. The Balaban J connectivity index is 2.39. The third-order valence-electron chi connectivity index (χ3n) is 2.51. The Morgan fingerprint density at radius 3 is 2.42 bits per heavy atom. The van der Waals surface area contributed by atoms with Crippen LogP contribution < -0.4 is 16.6 Å². The van der Waals surface area contributed by atoms with Crippen LogP contribution in [0.25, 0.3) is 0 Å². The first kappa shape index (κ1) is 13.1. The quantitative estimate of drug-likeness (QED) is 0.452. The summed E-state index contributed by atoms with van der Waals surface area (Å²) >= 11 is 0. The molecule has 4 N–H and O–H groups in total. The van der Waals surface area contributed by atoms with Crippen LogP contribution >= 0.6 is 0 Å². The number of nitrogens with one attached hydrogen (secondary N) is 2. The zero-order valence-electron chi connectivity index (χ0n) is 9.84. The molecule has 0 amide bonds. The van der Waals surface area contributed by atoms with Crippen molar-refractivity contribution in [2.24, 2.45) is 5.84 Å². The van der Waals surface area contributed by atoms with E-state index in [-0.39, 0.29) is 11.5 Å². The molecule has 0 fully saturated rings. The minimum Gasteiger partial charge on any atom is -0.337 e. The van der Waals surface area contributed by atoms with E-state index in [0.29, 0.717) is 11.4 Å². The van der Waals surface area contributed by atoms with Crippen molar-refractivity contribution in [2.75, 3.05) is 10.7 Å². The number of nitrogens with two attached hydrogens (primary N) is 1. The fourth-order valence-electron chi connectivity index (χ4n) is 1.47. The van der Waals surface area contributed by atoms with E-state index in [1.165, 1.54) is 6.33 Å². The lowest BCUT2D eigenvalue weighted by molar-refractivity contribution is 0.449. The molecule has 0 aliphatic carbocycles. The van der Waals surface area contributed by atoms with Gasteiger partial charge in [0.15, 0.2) is 17.5 Å². The zero-order chi connectivity index (χ0) is 14.0. The smallest absolute Gasteiger partial charge is 0.196 e. The van der Waals surface area contributed by atoms with Crippen molar-refractivity contribution in [3.63, 3.8) is 0 Å². The molecule has 0 aliphatic rings. The molecule has 0 unspecified atom stereocenters. The van der Waals surface area contributed by atoms with E-state index in [1.54, 1.807) is 6.92 Å². The highest BCUT2D eigenvalue weighted by atomic mass is 19.2. The number of nitrogen functional groups attached to an aromatic ring is 1. The van der Waals surface area contributed by atoms with Gasteiger partial charge in [-0.3, -0.25) is 0 Å². The van der Waals surface area contributed by atoms with Crippen molar-refractivity contribution in [2.45, 2.75) is 6.92 Å². The molecule has 0 aliphatic heterocycles.